The first kappa shape index (κ1) is 8.79. The summed E-state index contributed by atoms with van der Waals surface area (Å²) in [7, 11) is 0. The fourth-order valence-electron chi connectivity index (χ4n) is 2.03. The Morgan fingerprint density at radius 3 is 2.80 bits per heavy atom. The third-order valence-electron chi connectivity index (χ3n) is 2.89. The summed E-state index contributed by atoms with van der Waals surface area (Å²) >= 11 is 0. The number of nitrogens with zero attached hydrogens (tertiary/aromatic N) is 2. The summed E-state index contributed by atoms with van der Waals surface area (Å²) in [6, 6.07) is 2.13. The fraction of sp³-hybridized carbons (Fsp3) is 0.500. The molecule has 0 radical (unpaired) electrons. The quantitative estimate of drug-likeness (QED) is 0.615. The van der Waals surface area contributed by atoms with Gasteiger partial charge in [-0.1, -0.05) is 0 Å². The van der Waals surface area contributed by atoms with Gasteiger partial charge in [-0.3, -0.25) is 0 Å². The topological polar surface area (TPSA) is 52.2 Å². The molecule has 5 heteroatoms. The van der Waals surface area contributed by atoms with Gasteiger partial charge in [-0.2, -0.15) is 0 Å². The Kier molecular flexibility index (Phi) is 2.10. The third kappa shape index (κ3) is 1.59. The van der Waals surface area contributed by atoms with Crippen LogP contribution < -0.4 is 20.9 Å². The summed E-state index contributed by atoms with van der Waals surface area (Å²) in [6.45, 7) is 4.98. The van der Waals surface area contributed by atoms with Gasteiger partial charge in [0, 0.05) is 32.2 Å². The van der Waals surface area contributed by atoms with Crippen LogP contribution in [0.5, 0.6) is 0 Å². The molecular weight excluding hydrogens is 190 g/mol. The summed E-state index contributed by atoms with van der Waals surface area (Å²) in [5.74, 6) is 1.08. The van der Waals surface area contributed by atoms with E-state index in [-0.39, 0.29) is 0 Å². The number of rotatable bonds is 1. The largest absolute Gasteiger partial charge is 0.366 e. The van der Waals surface area contributed by atoms with Gasteiger partial charge in [-0.25, -0.2) is 4.98 Å². The van der Waals surface area contributed by atoms with E-state index in [0.29, 0.717) is 0 Å². The van der Waals surface area contributed by atoms with Crippen molar-refractivity contribution in [1.29, 1.82) is 0 Å². The number of nitrogens with one attached hydrogen (secondary N) is 3. The van der Waals surface area contributed by atoms with Gasteiger partial charge in [0.25, 0.3) is 0 Å². The minimum Gasteiger partial charge on any atom is -0.366 e. The predicted octanol–water partition coefficient (Wildman–Crippen LogP) is 0.286. The second-order valence-corrected chi connectivity index (χ2v) is 3.86. The molecule has 0 aromatic carbocycles. The zero-order valence-corrected chi connectivity index (χ0v) is 8.58. The summed E-state index contributed by atoms with van der Waals surface area (Å²) < 4.78 is 0. The minimum absolute atomic E-state index is 0.808. The molecule has 0 aliphatic carbocycles. The Labute approximate surface area is 88.9 Å². The van der Waals surface area contributed by atoms with Gasteiger partial charge in [0.2, 0.25) is 0 Å². The van der Waals surface area contributed by atoms with E-state index in [4.69, 9.17) is 0 Å². The van der Waals surface area contributed by atoms with Crippen molar-refractivity contribution in [1.82, 2.24) is 10.3 Å². The molecule has 1 aromatic heterocycles. The van der Waals surface area contributed by atoms with Crippen molar-refractivity contribution in [3.63, 3.8) is 0 Å². The Hall–Kier alpha value is -1.49. The van der Waals surface area contributed by atoms with E-state index in [1.165, 1.54) is 5.69 Å². The summed E-state index contributed by atoms with van der Waals surface area (Å²) in [5, 5.41) is 9.85. The fourth-order valence-corrected chi connectivity index (χ4v) is 2.03. The molecule has 0 amide bonds. The first-order chi connectivity index (χ1) is 7.43. The van der Waals surface area contributed by atoms with Crippen LogP contribution in [0.2, 0.25) is 0 Å². The number of pyridine rings is 1. The monoisotopic (exact) mass is 205 g/mol. The van der Waals surface area contributed by atoms with Gasteiger partial charge in [-0.15, -0.1) is 0 Å². The van der Waals surface area contributed by atoms with Gasteiger partial charge in [0.05, 0.1) is 24.2 Å². The second kappa shape index (κ2) is 3.58. The van der Waals surface area contributed by atoms with E-state index in [0.717, 1.165) is 44.4 Å². The highest BCUT2D eigenvalue weighted by Crippen LogP contribution is 2.28. The van der Waals surface area contributed by atoms with E-state index in [1.807, 2.05) is 6.20 Å². The highest BCUT2D eigenvalue weighted by molar-refractivity contribution is 5.75. The van der Waals surface area contributed by atoms with Crippen LogP contribution >= 0.6 is 0 Å². The Bertz CT molecular complexity index is 359. The average molecular weight is 205 g/mol. The molecule has 1 aromatic rings. The van der Waals surface area contributed by atoms with E-state index in [2.05, 4.69) is 31.9 Å². The Balaban J connectivity index is 1.85. The standard InChI is InChI=1S/C10H15N5/c1-3-15(4-2-11-1)10-5-8-9(6-12-10)14-7-13-8/h5-6,11,13-14H,1-4,7H2. The molecule has 15 heavy (non-hydrogen) atoms. The minimum atomic E-state index is 0.808. The molecular formula is C10H15N5. The number of piperazine rings is 1. The molecule has 1 saturated heterocycles. The van der Waals surface area contributed by atoms with Crippen molar-refractivity contribution >= 4 is 17.2 Å². The maximum absolute atomic E-state index is 4.47. The van der Waals surface area contributed by atoms with Gasteiger partial charge >= 0.3 is 0 Å². The highest BCUT2D eigenvalue weighted by atomic mass is 15.2. The van der Waals surface area contributed by atoms with Crippen LogP contribution in [-0.2, 0) is 0 Å². The summed E-state index contributed by atoms with van der Waals surface area (Å²) in [6.07, 6.45) is 1.91. The van der Waals surface area contributed by atoms with Crippen LogP contribution in [0.4, 0.5) is 17.2 Å². The number of hydrogen-bond acceptors (Lipinski definition) is 5. The molecule has 0 atom stereocenters. The number of fused-ring (bicyclic) bond motifs is 1. The van der Waals surface area contributed by atoms with Crippen LogP contribution in [0, 0.1) is 0 Å². The number of hydrogen-bond donors (Lipinski definition) is 3. The smallest absolute Gasteiger partial charge is 0.130 e. The molecule has 2 aliphatic rings. The van der Waals surface area contributed by atoms with Gasteiger partial charge in [0.1, 0.15) is 5.82 Å². The second-order valence-electron chi connectivity index (χ2n) is 3.86. The third-order valence-corrected chi connectivity index (χ3v) is 2.89. The van der Waals surface area contributed by atoms with E-state index >= 15 is 0 Å². The zero-order valence-electron chi connectivity index (χ0n) is 8.58. The molecule has 0 spiro atoms. The molecule has 3 N–H and O–H groups in total. The van der Waals surface area contributed by atoms with E-state index in [9.17, 15) is 0 Å². The van der Waals surface area contributed by atoms with Crippen LogP contribution in [0.25, 0.3) is 0 Å². The maximum Gasteiger partial charge on any atom is 0.130 e. The normalized spacial score (nSPS) is 19.3. The molecule has 80 valence electrons. The molecule has 3 heterocycles. The van der Waals surface area contributed by atoms with Crippen molar-refractivity contribution in [2.24, 2.45) is 0 Å². The molecule has 1 fully saturated rings. The lowest BCUT2D eigenvalue weighted by Gasteiger charge is -2.28. The lowest BCUT2D eigenvalue weighted by molar-refractivity contribution is 0.585. The first-order valence-corrected chi connectivity index (χ1v) is 5.37. The Morgan fingerprint density at radius 1 is 1.13 bits per heavy atom. The Morgan fingerprint density at radius 2 is 1.93 bits per heavy atom. The van der Waals surface area contributed by atoms with Gasteiger partial charge in [-0.05, 0) is 0 Å². The molecule has 0 bridgehead atoms. The van der Waals surface area contributed by atoms with Gasteiger partial charge < -0.3 is 20.9 Å². The summed E-state index contributed by atoms with van der Waals surface area (Å²) in [4.78, 5) is 6.79. The molecule has 5 nitrogen and oxygen atoms in total. The van der Waals surface area contributed by atoms with Gasteiger partial charge in [0.15, 0.2) is 0 Å². The molecule has 3 rings (SSSR count). The van der Waals surface area contributed by atoms with Crippen LogP contribution in [0.1, 0.15) is 0 Å². The van der Waals surface area contributed by atoms with Crippen molar-refractivity contribution in [3.05, 3.63) is 12.3 Å². The summed E-state index contributed by atoms with van der Waals surface area (Å²) in [5.41, 5.74) is 2.27. The molecule has 0 unspecified atom stereocenters. The lowest BCUT2D eigenvalue weighted by atomic mass is 10.3. The average Bonchev–Trinajstić information content (AvgIpc) is 2.77. The van der Waals surface area contributed by atoms with Crippen LogP contribution in [0.3, 0.4) is 0 Å². The van der Waals surface area contributed by atoms with Crippen LogP contribution in [0.15, 0.2) is 12.3 Å². The molecule has 2 aliphatic heterocycles. The van der Waals surface area contributed by atoms with Crippen molar-refractivity contribution < 1.29 is 0 Å². The maximum atomic E-state index is 4.47. The van der Waals surface area contributed by atoms with Crippen LogP contribution in [-0.4, -0.2) is 37.8 Å². The predicted molar refractivity (Wildman–Crippen MR) is 61.4 cm³/mol. The molecule has 0 saturated carbocycles. The number of anilines is 3. The zero-order chi connectivity index (χ0) is 10.1. The lowest BCUT2D eigenvalue weighted by Crippen LogP contribution is -2.43. The first-order valence-electron chi connectivity index (χ1n) is 5.37. The van der Waals surface area contributed by atoms with E-state index < -0.39 is 0 Å². The van der Waals surface area contributed by atoms with Crippen molar-refractivity contribution in [2.45, 2.75) is 0 Å². The van der Waals surface area contributed by atoms with E-state index in [1.54, 1.807) is 0 Å². The SMILES string of the molecule is c1nc(N2CCNCC2)cc2c1NCN2. The van der Waals surface area contributed by atoms with Crippen molar-refractivity contribution in [3.8, 4) is 0 Å². The highest BCUT2D eigenvalue weighted by Gasteiger charge is 2.15. The van der Waals surface area contributed by atoms with Crippen molar-refractivity contribution in [2.75, 3.05) is 48.4 Å². The number of aromatic nitrogens is 1.